The Kier molecular flexibility index (Phi) is 2.83. The number of hydrogen-bond acceptors (Lipinski definition) is 3. The van der Waals surface area contributed by atoms with Gasteiger partial charge >= 0.3 is 5.69 Å². The molecule has 1 aliphatic rings. The second-order valence-electron chi connectivity index (χ2n) is 4.72. The number of aromatic amines is 1. The van der Waals surface area contributed by atoms with Crippen molar-refractivity contribution in [1.29, 1.82) is 0 Å². The molecule has 1 aliphatic heterocycles. The maximum Gasteiger partial charge on any atom is 0.326 e. The maximum absolute atomic E-state index is 12.0. The van der Waals surface area contributed by atoms with Crippen molar-refractivity contribution < 1.29 is 4.74 Å². The number of methoxy groups -OCH3 is 1. The molecule has 2 aromatic rings. The molecule has 3 rings (SSSR count). The van der Waals surface area contributed by atoms with Gasteiger partial charge in [-0.05, 0) is 31.5 Å². The predicted octanol–water partition coefficient (Wildman–Crippen LogP) is 1.09. The highest BCUT2D eigenvalue weighted by Crippen LogP contribution is 2.19. The van der Waals surface area contributed by atoms with Crippen molar-refractivity contribution in [1.82, 2.24) is 14.9 Å². The first-order valence-corrected chi connectivity index (χ1v) is 6.28. The van der Waals surface area contributed by atoms with E-state index >= 15 is 0 Å². The number of imidazole rings is 1. The summed E-state index contributed by atoms with van der Waals surface area (Å²) in [7, 11) is 1.63. The lowest BCUT2D eigenvalue weighted by Gasteiger charge is -2.11. The van der Waals surface area contributed by atoms with Gasteiger partial charge in [-0.1, -0.05) is 0 Å². The summed E-state index contributed by atoms with van der Waals surface area (Å²) in [6, 6.07) is 6.04. The third kappa shape index (κ3) is 1.90. The van der Waals surface area contributed by atoms with Crippen LogP contribution in [0.25, 0.3) is 11.0 Å². The van der Waals surface area contributed by atoms with Crippen molar-refractivity contribution >= 4 is 11.0 Å². The SMILES string of the molecule is COc1ccc2[nH]c(=O)n(CC3CCCN3)c2c1. The van der Waals surface area contributed by atoms with Gasteiger partial charge in [0.05, 0.1) is 18.1 Å². The molecule has 0 saturated carbocycles. The minimum absolute atomic E-state index is 0.0491. The normalized spacial score (nSPS) is 19.5. The van der Waals surface area contributed by atoms with Crippen LogP contribution < -0.4 is 15.7 Å². The van der Waals surface area contributed by atoms with Crippen molar-refractivity contribution in [2.24, 2.45) is 0 Å². The van der Waals surface area contributed by atoms with Gasteiger partial charge in [0.1, 0.15) is 5.75 Å². The van der Waals surface area contributed by atoms with E-state index in [-0.39, 0.29) is 5.69 Å². The van der Waals surface area contributed by atoms with Crippen LogP contribution >= 0.6 is 0 Å². The highest BCUT2D eigenvalue weighted by Gasteiger charge is 2.17. The third-order valence-electron chi connectivity index (χ3n) is 3.55. The number of H-pyrrole nitrogens is 1. The molecule has 1 aromatic carbocycles. The second kappa shape index (κ2) is 4.49. The summed E-state index contributed by atoms with van der Waals surface area (Å²) in [5, 5.41) is 3.41. The molecular weight excluding hydrogens is 230 g/mol. The van der Waals surface area contributed by atoms with E-state index in [4.69, 9.17) is 4.74 Å². The van der Waals surface area contributed by atoms with Crippen LogP contribution in [0.3, 0.4) is 0 Å². The molecule has 0 spiro atoms. The predicted molar refractivity (Wildman–Crippen MR) is 70.1 cm³/mol. The molecule has 96 valence electrons. The fourth-order valence-corrected chi connectivity index (χ4v) is 2.57. The van der Waals surface area contributed by atoms with Crippen LogP contribution in [0.5, 0.6) is 5.75 Å². The van der Waals surface area contributed by atoms with E-state index in [1.54, 1.807) is 11.7 Å². The van der Waals surface area contributed by atoms with E-state index in [9.17, 15) is 4.79 Å². The zero-order valence-electron chi connectivity index (χ0n) is 10.4. The van der Waals surface area contributed by atoms with Crippen molar-refractivity contribution in [3.8, 4) is 5.75 Å². The number of nitrogens with zero attached hydrogens (tertiary/aromatic N) is 1. The first-order chi connectivity index (χ1) is 8.78. The number of ether oxygens (including phenoxy) is 1. The van der Waals surface area contributed by atoms with Crippen LogP contribution in [0, 0.1) is 0 Å². The minimum Gasteiger partial charge on any atom is -0.497 e. The molecule has 5 heteroatoms. The number of aromatic nitrogens is 2. The molecule has 1 saturated heterocycles. The smallest absolute Gasteiger partial charge is 0.326 e. The molecule has 0 radical (unpaired) electrons. The van der Waals surface area contributed by atoms with E-state index < -0.39 is 0 Å². The highest BCUT2D eigenvalue weighted by atomic mass is 16.5. The Hall–Kier alpha value is -1.75. The number of benzene rings is 1. The standard InChI is InChI=1S/C13H17N3O2/c1-18-10-4-5-11-12(7-10)16(13(17)15-11)8-9-3-2-6-14-9/h4-5,7,9,14H,2-3,6,8H2,1H3,(H,15,17). The Morgan fingerprint density at radius 2 is 2.39 bits per heavy atom. The molecule has 1 aromatic heterocycles. The average Bonchev–Trinajstić information content (AvgIpc) is 2.99. The van der Waals surface area contributed by atoms with Gasteiger partial charge in [-0.25, -0.2) is 4.79 Å². The molecule has 2 heterocycles. The van der Waals surface area contributed by atoms with Gasteiger partial charge < -0.3 is 15.0 Å². The Labute approximate surface area is 105 Å². The topological polar surface area (TPSA) is 59.1 Å². The van der Waals surface area contributed by atoms with Crippen molar-refractivity contribution in [3.63, 3.8) is 0 Å². The number of hydrogen-bond donors (Lipinski definition) is 2. The summed E-state index contributed by atoms with van der Waals surface area (Å²) in [4.78, 5) is 14.8. The fourth-order valence-electron chi connectivity index (χ4n) is 2.57. The zero-order valence-corrected chi connectivity index (χ0v) is 10.4. The molecule has 2 N–H and O–H groups in total. The summed E-state index contributed by atoms with van der Waals surface area (Å²) in [5.74, 6) is 0.773. The van der Waals surface area contributed by atoms with E-state index in [0.717, 1.165) is 29.7 Å². The van der Waals surface area contributed by atoms with Crippen LogP contribution in [0.2, 0.25) is 0 Å². The van der Waals surface area contributed by atoms with Gasteiger partial charge in [0.15, 0.2) is 0 Å². The largest absolute Gasteiger partial charge is 0.497 e. The molecule has 18 heavy (non-hydrogen) atoms. The Balaban J connectivity index is 2.02. The number of nitrogens with one attached hydrogen (secondary N) is 2. The van der Waals surface area contributed by atoms with E-state index in [2.05, 4.69) is 10.3 Å². The zero-order chi connectivity index (χ0) is 12.5. The van der Waals surface area contributed by atoms with Crippen LogP contribution in [-0.2, 0) is 6.54 Å². The molecule has 5 nitrogen and oxygen atoms in total. The van der Waals surface area contributed by atoms with Crippen molar-refractivity contribution in [2.45, 2.75) is 25.4 Å². The summed E-state index contributed by atoms with van der Waals surface area (Å²) < 4.78 is 7.00. The maximum atomic E-state index is 12.0. The van der Waals surface area contributed by atoms with Gasteiger partial charge in [0.25, 0.3) is 0 Å². The van der Waals surface area contributed by atoms with E-state index in [1.807, 2.05) is 18.2 Å². The van der Waals surface area contributed by atoms with Gasteiger partial charge in [-0.2, -0.15) is 0 Å². The monoisotopic (exact) mass is 247 g/mol. The van der Waals surface area contributed by atoms with E-state index in [1.165, 1.54) is 6.42 Å². The van der Waals surface area contributed by atoms with Gasteiger partial charge in [0, 0.05) is 18.7 Å². The molecule has 1 unspecified atom stereocenters. The van der Waals surface area contributed by atoms with Crippen molar-refractivity contribution in [3.05, 3.63) is 28.7 Å². The summed E-state index contributed by atoms with van der Waals surface area (Å²) >= 11 is 0. The summed E-state index contributed by atoms with van der Waals surface area (Å²) in [6.45, 7) is 1.76. The van der Waals surface area contributed by atoms with Crippen LogP contribution in [-0.4, -0.2) is 29.2 Å². The average molecular weight is 247 g/mol. The lowest BCUT2D eigenvalue weighted by atomic mass is 10.2. The summed E-state index contributed by atoms with van der Waals surface area (Å²) in [5.41, 5.74) is 1.72. The van der Waals surface area contributed by atoms with Crippen LogP contribution in [0.1, 0.15) is 12.8 Å². The lowest BCUT2D eigenvalue weighted by molar-refractivity contribution is 0.415. The highest BCUT2D eigenvalue weighted by molar-refractivity contribution is 5.77. The number of fused-ring (bicyclic) bond motifs is 1. The Morgan fingerprint density at radius 3 is 3.11 bits per heavy atom. The van der Waals surface area contributed by atoms with Crippen LogP contribution in [0.15, 0.2) is 23.0 Å². The Morgan fingerprint density at radius 1 is 1.50 bits per heavy atom. The minimum atomic E-state index is -0.0491. The van der Waals surface area contributed by atoms with Gasteiger partial charge in [0.2, 0.25) is 0 Å². The number of rotatable bonds is 3. The lowest BCUT2D eigenvalue weighted by Crippen LogP contribution is -2.31. The Bertz CT molecular complexity index is 608. The second-order valence-corrected chi connectivity index (χ2v) is 4.72. The molecular formula is C13H17N3O2. The fraction of sp³-hybridized carbons (Fsp3) is 0.462. The quantitative estimate of drug-likeness (QED) is 0.853. The molecule has 0 bridgehead atoms. The van der Waals surface area contributed by atoms with E-state index in [0.29, 0.717) is 12.6 Å². The van der Waals surface area contributed by atoms with Gasteiger partial charge in [-0.3, -0.25) is 4.57 Å². The van der Waals surface area contributed by atoms with Gasteiger partial charge in [-0.15, -0.1) is 0 Å². The van der Waals surface area contributed by atoms with Crippen LogP contribution in [0.4, 0.5) is 0 Å². The first kappa shape index (κ1) is 11.3. The molecule has 1 fully saturated rings. The molecule has 0 aliphatic carbocycles. The molecule has 0 amide bonds. The van der Waals surface area contributed by atoms with Crippen molar-refractivity contribution in [2.75, 3.05) is 13.7 Å². The molecule has 1 atom stereocenters. The first-order valence-electron chi connectivity index (χ1n) is 6.28. The third-order valence-corrected chi connectivity index (χ3v) is 3.55. The summed E-state index contributed by atoms with van der Waals surface area (Å²) in [6.07, 6.45) is 2.31.